The fraction of sp³-hybridized carbons (Fsp3) is 0.619. The van der Waals surface area contributed by atoms with Crippen molar-refractivity contribution in [1.29, 1.82) is 0 Å². The van der Waals surface area contributed by atoms with Crippen LogP contribution in [-0.2, 0) is 21.4 Å². The molecule has 7 nitrogen and oxygen atoms in total. The molecule has 3 rings (SSSR count). The molecular formula is C21H30N2O5. The number of likely N-dealkylation sites (tertiary alicyclic amines) is 1. The number of nitrogens with one attached hydrogen (secondary N) is 1. The molecule has 2 aliphatic heterocycles. The Balaban J connectivity index is 1.80. The van der Waals surface area contributed by atoms with Gasteiger partial charge in [0.05, 0.1) is 19.7 Å². The van der Waals surface area contributed by atoms with Gasteiger partial charge in [-0.15, -0.1) is 0 Å². The Bertz CT molecular complexity index is 770. The first-order valence-electron chi connectivity index (χ1n) is 9.62. The van der Waals surface area contributed by atoms with Crippen molar-refractivity contribution < 1.29 is 23.8 Å². The molecule has 7 heteroatoms. The van der Waals surface area contributed by atoms with Gasteiger partial charge < -0.3 is 24.4 Å². The van der Waals surface area contributed by atoms with E-state index in [0.717, 1.165) is 23.3 Å². The minimum atomic E-state index is -0.711. The van der Waals surface area contributed by atoms with Crippen molar-refractivity contribution in [3.05, 3.63) is 29.3 Å². The summed E-state index contributed by atoms with van der Waals surface area (Å²) in [5.41, 5.74) is 0.155. The van der Waals surface area contributed by atoms with Crippen molar-refractivity contribution in [3.63, 3.8) is 0 Å². The summed E-state index contributed by atoms with van der Waals surface area (Å²) < 4.78 is 16.5. The molecule has 2 aliphatic rings. The first-order chi connectivity index (χ1) is 12.9. The predicted octanol–water partition coefficient (Wildman–Crippen LogP) is 3.59. The first-order valence-corrected chi connectivity index (χ1v) is 9.62. The van der Waals surface area contributed by atoms with Crippen molar-refractivity contribution in [2.24, 2.45) is 0 Å². The van der Waals surface area contributed by atoms with Crippen LogP contribution in [0.3, 0.4) is 0 Å². The number of carbonyl (C=O) groups is 2. The molecule has 2 amide bonds. The Labute approximate surface area is 166 Å². The van der Waals surface area contributed by atoms with Crippen molar-refractivity contribution in [2.45, 2.75) is 64.7 Å². The molecule has 28 heavy (non-hydrogen) atoms. The average molecular weight is 390 g/mol. The molecule has 1 fully saturated rings. The highest BCUT2D eigenvalue weighted by Gasteiger charge is 2.50. The van der Waals surface area contributed by atoms with E-state index in [4.69, 9.17) is 14.2 Å². The Morgan fingerprint density at radius 1 is 1.07 bits per heavy atom. The Kier molecular flexibility index (Phi) is 4.98. The predicted molar refractivity (Wildman–Crippen MR) is 104 cm³/mol. The molecule has 0 unspecified atom stereocenters. The number of amides is 2. The third-order valence-electron chi connectivity index (χ3n) is 4.56. The molecule has 0 spiro atoms. The van der Waals surface area contributed by atoms with Gasteiger partial charge in [-0.2, -0.15) is 0 Å². The second kappa shape index (κ2) is 6.87. The van der Waals surface area contributed by atoms with E-state index < -0.39 is 28.9 Å². The molecule has 0 aliphatic carbocycles. The topological polar surface area (TPSA) is 77.1 Å². The van der Waals surface area contributed by atoms with E-state index in [9.17, 15) is 9.59 Å². The van der Waals surface area contributed by atoms with Gasteiger partial charge in [0, 0.05) is 6.42 Å². The van der Waals surface area contributed by atoms with E-state index in [0.29, 0.717) is 19.7 Å². The van der Waals surface area contributed by atoms with Crippen LogP contribution in [0.15, 0.2) is 18.2 Å². The van der Waals surface area contributed by atoms with Gasteiger partial charge in [-0.05, 0) is 64.8 Å². The lowest BCUT2D eigenvalue weighted by Crippen LogP contribution is -2.69. The maximum Gasteiger partial charge on any atom is 0.410 e. The highest BCUT2D eigenvalue weighted by molar-refractivity contribution is 5.73. The van der Waals surface area contributed by atoms with Crippen LogP contribution in [0.4, 0.5) is 9.59 Å². The molecule has 1 N–H and O–H groups in total. The number of hydrogen-bond donors (Lipinski definition) is 1. The Morgan fingerprint density at radius 3 is 2.32 bits per heavy atom. The van der Waals surface area contributed by atoms with E-state index in [-0.39, 0.29) is 0 Å². The molecule has 0 aromatic heterocycles. The van der Waals surface area contributed by atoms with Gasteiger partial charge >= 0.3 is 12.2 Å². The zero-order valence-corrected chi connectivity index (χ0v) is 17.5. The lowest BCUT2D eigenvalue weighted by molar-refractivity contribution is -0.0230. The van der Waals surface area contributed by atoms with Gasteiger partial charge in [-0.25, -0.2) is 9.59 Å². The third kappa shape index (κ3) is 4.51. The van der Waals surface area contributed by atoms with Crippen molar-refractivity contribution >= 4 is 12.2 Å². The number of alkyl carbamates (subject to hydrolysis) is 1. The lowest BCUT2D eigenvalue weighted by Gasteiger charge is -2.50. The van der Waals surface area contributed by atoms with Crippen LogP contribution in [0, 0.1) is 0 Å². The summed E-state index contributed by atoms with van der Waals surface area (Å²) >= 11 is 0. The van der Waals surface area contributed by atoms with Crippen LogP contribution in [0.25, 0.3) is 0 Å². The van der Waals surface area contributed by atoms with Gasteiger partial charge in [0.2, 0.25) is 0 Å². The highest BCUT2D eigenvalue weighted by atomic mass is 16.6. The molecular weight excluding hydrogens is 360 g/mol. The summed E-state index contributed by atoms with van der Waals surface area (Å²) in [6, 6.07) is 5.91. The normalized spacial score (nSPS) is 17.9. The molecule has 2 heterocycles. The quantitative estimate of drug-likeness (QED) is 0.835. The summed E-state index contributed by atoms with van der Waals surface area (Å²) in [6.07, 6.45) is -0.0618. The number of nitrogens with zero attached hydrogens (tertiary/aromatic N) is 1. The maximum absolute atomic E-state index is 12.5. The standard InChI is InChI=1S/C21H30N2O5/c1-19(2,3)27-17(24)22-21(12-23(13-21)18(25)28-20(4,5)6)15-7-8-16-14(11-15)9-10-26-16/h7-8,11H,9-10,12-13H2,1-6H3,(H,22,24). The molecule has 0 bridgehead atoms. The van der Waals surface area contributed by atoms with Crippen LogP contribution in [0.5, 0.6) is 5.75 Å². The third-order valence-corrected chi connectivity index (χ3v) is 4.56. The van der Waals surface area contributed by atoms with Crippen LogP contribution < -0.4 is 10.1 Å². The molecule has 1 aromatic rings. The summed E-state index contributed by atoms with van der Waals surface area (Å²) in [5.74, 6) is 0.875. The molecule has 0 radical (unpaired) electrons. The zero-order valence-electron chi connectivity index (χ0n) is 17.5. The second-order valence-electron chi connectivity index (χ2n) is 9.47. The van der Waals surface area contributed by atoms with Gasteiger partial charge in [-0.1, -0.05) is 6.07 Å². The fourth-order valence-electron chi connectivity index (χ4n) is 3.38. The van der Waals surface area contributed by atoms with Gasteiger partial charge in [0.15, 0.2) is 0 Å². The van der Waals surface area contributed by atoms with Crippen LogP contribution in [0.2, 0.25) is 0 Å². The summed E-state index contributed by atoms with van der Waals surface area (Å²) in [6.45, 7) is 12.3. The fourth-order valence-corrected chi connectivity index (χ4v) is 3.38. The van der Waals surface area contributed by atoms with Crippen molar-refractivity contribution in [1.82, 2.24) is 10.2 Å². The number of rotatable bonds is 2. The van der Waals surface area contributed by atoms with E-state index in [2.05, 4.69) is 5.32 Å². The number of fused-ring (bicyclic) bond motifs is 1. The van der Waals surface area contributed by atoms with Gasteiger partial charge in [-0.3, -0.25) is 0 Å². The number of hydrogen-bond acceptors (Lipinski definition) is 5. The van der Waals surface area contributed by atoms with E-state index in [1.54, 1.807) is 4.90 Å². The molecule has 1 saturated heterocycles. The smallest absolute Gasteiger partial charge is 0.410 e. The lowest BCUT2D eigenvalue weighted by atomic mass is 9.81. The van der Waals surface area contributed by atoms with Crippen LogP contribution >= 0.6 is 0 Å². The molecule has 154 valence electrons. The molecule has 0 atom stereocenters. The first kappa shape index (κ1) is 20.3. The molecule has 1 aromatic carbocycles. The van der Waals surface area contributed by atoms with Gasteiger partial charge in [0.1, 0.15) is 22.5 Å². The summed E-state index contributed by atoms with van der Waals surface area (Å²) in [4.78, 5) is 26.5. The largest absolute Gasteiger partial charge is 0.493 e. The Morgan fingerprint density at radius 2 is 1.71 bits per heavy atom. The number of ether oxygens (including phenoxy) is 3. The van der Waals surface area contributed by atoms with E-state index >= 15 is 0 Å². The summed E-state index contributed by atoms with van der Waals surface area (Å²) in [5, 5.41) is 2.99. The zero-order chi connectivity index (χ0) is 20.7. The number of benzene rings is 1. The SMILES string of the molecule is CC(C)(C)OC(=O)NC1(c2ccc3c(c2)CCO3)CN(C(=O)OC(C)(C)C)C1. The minimum absolute atomic E-state index is 0.320. The van der Waals surface area contributed by atoms with Crippen molar-refractivity contribution in [2.75, 3.05) is 19.7 Å². The monoisotopic (exact) mass is 390 g/mol. The summed E-state index contributed by atoms with van der Waals surface area (Å²) in [7, 11) is 0. The Hall–Kier alpha value is -2.44. The maximum atomic E-state index is 12.5. The number of carbonyl (C=O) groups excluding carboxylic acids is 2. The minimum Gasteiger partial charge on any atom is -0.493 e. The molecule has 0 saturated carbocycles. The van der Waals surface area contributed by atoms with Crippen LogP contribution in [0.1, 0.15) is 52.7 Å². The average Bonchev–Trinajstić information content (AvgIpc) is 2.94. The second-order valence-corrected chi connectivity index (χ2v) is 9.47. The van der Waals surface area contributed by atoms with Crippen molar-refractivity contribution in [3.8, 4) is 5.75 Å². The van der Waals surface area contributed by atoms with E-state index in [1.807, 2.05) is 59.7 Å². The van der Waals surface area contributed by atoms with Gasteiger partial charge in [0.25, 0.3) is 0 Å². The highest BCUT2D eigenvalue weighted by Crippen LogP contribution is 2.37. The van der Waals surface area contributed by atoms with E-state index in [1.165, 1.54) is 0 Å². The van der Waals surface area contributed by atoms with Crippen LogP contribution in [-0.4, -0.2) is 48.0 Å².